The minimum Gasteiger partial charge on any atom is -0.363 e. The Morgan fingerprint density at radius 3 is 2.69 bits per heavy atom. The number of anilines is 1. The van der Waals surface area contributed by atoms with Gasteiger partial charge in [0.05, 0.1) is 0 Å². The molecule has 1 N–H and O–H groups in total. The van der Waals surface area contributed by atoms with E-state index in [0.29, 0.717) is 5.25 Å². The van der Waals surface area contributed by atoms with E-state index < -0.39 is 0 Å². The average molecular weight is 239 g/mol. The Kier molecular flexibility index (Phi) is 5.63. The van der Waals surface area contributed by atoms with Crippen molar-refractivity contribution in [1.29, 1.82) is 0 Å². The molecule has 0 amide bonds. The second-order valence-corrected chi connectivity index (χ2v) is 5.37. The minimum atomic E-state index is 0.661. The molecular formula is C12H21N3S. The summed E-state index contributed by atoms with van der Waals surface area (Å²) in [4.78, 5) is 6.38. The van der Waals surface area contributed by atoms with Gasteiger partial charge in [-0.15, -0.1) is 0 Å². The second kappa shape index (κ2) is 6.76. The van der Waals surface area contributed by atoms with Crippen molar-refractivity contribution in [3.63, 3.8) is 0 Å². The van der Waals surface area contributed by atoms with Gasteiger partial charge in [0, 0.05) is 38.6 Å². The van der Waals surface area contributed by atoms with Crippen LogP contribution >= 0.6 is 11.8 Å². The highest BCUT2D eigenvalue weighted by molar-refractivity contribution is 7.99. The van der Waals surface area contributed by atoms with E-state index in [1.54, 1.807) is 0 Å². The number of aromatic nitrogens is 1. The first-order valence-corrected chi connectivity index (χ1v) is 6.78. The summed E-state index contributed by atoms with van der Waals surface area (Å²) in [5, 5.41) is 4.09. The number of nitrogens with zero attached hydrogens (tertiary/aromatic N) is 2. The highest BCUT2D eigenvalue weighted by atomic mass is 32.2. The van der Waals surface area contributed by atoms with Crippen LogP contribution in [-0.2, 0) is 6.54 Å². The first kappa shape index (κ1) is 13.3. The number of pyridine rings is 1. The average Bonchev–Trinajstić information content (AvgIpc) is 2.29. The van der Waals surface area contributed by atoms with Crippen LogP contribution in [0.5, 0.6) is 0 Å². The van der Waals surface area contributed by atoms with Gasteiger partial charge in [-0.05, 0) is 17.9 Å². The third-order valence-electron chi connectivity index (χ3n) is 2.43. The van der Waals surface area contributed by atoms with Crippen LogP contribution in [0.25, 0.3) is 0 Å². The van der Waals surface area contributed by atoms with Gasteiger partial charge >= 0.3 is 0 Å². The molecule has 0 aliphatic carbocycles. The summed E-state index contributed by atoms with van der Waals surface area (Å²) in [6, 6.07) is 4.17. The third-order valence-corrected chi connectivity index (χ3v) is 3.40. The molecule has 90 valence electrons. The van der Waals surface area contributed by atoms with Gasteiger partial charge in [-0.2, -0.15) is 11.8 Å². The molecule has 0 spiro atoms. The van der Waals surface area contributed by atoms with Gasteiger partial charge in [0.15, 0.2) is 0 Å². The molecule has 0 bridgehead atoms. The Bertz CT molecular complexity index is 298. The van der Waals surface area contributed by atoms with E-state index in [1.165, 1.54) is 5.56 Å². The monoisotopic (exact) mass is 239 g/mol. The predicted molar refractivity (Wildman–Crippen MR) is 73.2 cm³/mol. The van der Waals surface area contributed by atoms with Crippen LogP contribution in [0.1, 0.15) is 12.5 Å². The molecule has 1 rings (SSSR count). The zero-order valence-corrected chi connectivity index (χ0v) is 11.3. The van der Waals surface area contributed by atoms with Crippen molar-refractivity contribution in [2.75, 3.05) is 31.8 Å². The van der Waals surface area contributed by atoms with E-state index in [9.17, 15) is 0 Å². The molecule has 1 atom stereocenters. The van der Waals surface area contributed by atoms with E-state index in [0.717, 1.165) is 18.9 Å². The van der Waals surface area contributed by atoms with Crippen molar-refractivity contribution < 1.29 is 0 Å². The van der Waals surface area contributed by atoms with Crippen LogP contribution in [0.4, 0.5) is 5.82 Å². The normalized spacial score (nSPS) is 12.5. The van der Waals surface area contributed by atoms with Crippen LogP contribution in [-0.4, -0.2) is 37.1 Å². The number of hydrogen-bond acceptors (Lipinski definition) is 4. The lowest BCUT2D eigenvalue weighted by Gasteiger charge is -2.12. The Labute approximate surface area is 103 Å². The summed E-state index contributed by atoms with van der Waals surface area (Å²) in [5.74, 6) is 1.00. The lowest BCUT2D eigenvalue weighted by Crippen LogP contribution is -2.22. The molecule has 0 aliphatic heterocycles. The van der Waals surface area contributed by atoms with Crippen LogP contribution in [0, 0.1) is 0 Å². The van der Waals surface area contributed by atoms with Gasteiger partial charge in [-0.25, -0.2) is 4.98 Å². The lowest BCUT2D eigenvalue weighted by molar-refractivity contribution is 0.683. The first-order chi connectivity index (χ1) is 7.63. The SMILES string of the molecule is CSC(C)CNCc1ccc(N(C)C)nc1. The Morgan fingerprint density at radius 1 is 1.44 bits per heavy atom. The molecule has 16 heavy (non-hydrogen) atoms. The van der Waals surface area contributed by atoms with E-state index in [2.05, 4.69) is 35.6 Å². The van der Waals surface area contributed by atoms with E-state index in [1.807, 2.05) is 37.0 Å². The summed E-state index contributed by atoms with van der Waals surface area (Å²) in [6.45, 7) is 4.16. The summed E-state index contributed by atoms with van der Waals surface area (Å²) < 4.78 is 0. The Balaban J connectivity index is 2.38. The van der Waals surface area contributed by atoms with Crippen molar-refractivity contribution in [2.24, 2.45) is 0 Å². The van der Waals surface area contributed by atoms with Gasteiger partial charge in [0.25, 0.3) is 0 Å². The fourth-order valence-electron chi connectivity index (χ4n) is 1.29. The lowest BCUT2D eigenvalue weighted by atomic mass is 10.2. The molecule has 0 aliphatic rings. The molecule has 1 aromatic heterocycles. The highest BCUT2D eigenvalue weighted by Crippen LogP contribution is 2.08. The molecule has 1 heterocycles. The molecule has 0 fully saturated rings. The largest absolute Gasteiger partial charge is 0.363 e. The number of rotatable bonds is 6. The molecule has 0 aromatic carbocycles. The molecular weight excluding hydrogens is 218 g/mol. The van der Waals surface area contributed by atoms with Crippen molar-refractivity contribution in [3.8, 4) is 0 Å². The molecule has 1 aromatic rings. The maximum absolute atomic E-state index is 4.38. The smallest absolute Gasteiger partial charge is 0.127 e. The van der Waals surface area contributed by atoms with Gasteiger partial charge in [-0.3, -0.25) is 0 Å². The van der Waals surface area contributed by atoms with Crippen LogP contribution in [0.15, 0.2) is 18.3 Å². The summed E-state index contributed by atoms with van der Waals surface area (Å²) in [6.07, 6.45) is 4.08. The summed E-state index contributed by atoms with van der Waals surface area (Å²) in [5.41, 5.74) is 1.24. The number of thioether (sulfide) groups is 1. The van der Waals surface area contributed by atoms with Gasteiger partial charge in [0.2, 0.25) is 0 Å². The number of nitrogens with one attached hydrogen (secondary N) is 1. The van der Waals surface area contributed by atoms with Crippen molar-refractivity contribution in [2.45, 2.75) is 18.7 Å². The van der Waals surface area contributed by atoms with E-state index >= 15 is 0 Å². The topological polar surface area (TPSA) is 28.2 Å². The summed E-state index contributed by atoms with van der Waals surface area (Å²) >= 11 is 1.88. The standard InChI is InChI=1S/C12H21N3S/c1-10(16-4)7-13-8-11-5-6-12(14-9-11)15(2)3/h5-6,9-10,13H,7-8H2,1-4H3. The zero-order chi connectivity index (χ0) is 12.0. The van der Waals surface area contributed by atoms with Gasteiger partial charge in [-0.1, -0.05) is 13.0 Å². The van der Waals surface area contributed by atoms with E-state index in [-0.39, 0.29) is 0 Å². The zero-order valence-electron chi connectivity index (χ0n) is 10.5. The molecule has 3 nitrogen and oxygen atoms in total. The molecule has 4 heteroatoms. The molecule has 0 radical (unpaired) electrons. The minimum absolute atomic E-state index is 0.661. The van der Waals surface area contributed by atoms with Gasteiger partial charge in [0.1, 0.15) is 5.82 Å². The van der Waals surface area contributed by atoms with Crippen LogP contribution in [0.3, 0.4) is 0 Å². The number of hydrogen-bond donors (Lipinski definition) is 1. The Hall–Kier alpha value is -0.740. The van der Waals surface area contributed by atoms with Gasteiger partial charge < -0.3 is 10.2 Å². The maximum atomic E-state index is 4.38. The summed E-state index contributed by atoms with van der Waals surface area (Å²) in [7, 11) is 4.00. The fourth-order valence-corrected chi connectivity index (χ4v) is 1.57. The quantitative estimate of drug-likeness (QED) is 0.822. The highest BCUT2D eigenvalue weighted by Gasteiger charge is 2.00. The van der Waals surface area contributed by atoms with Crippen molar-refractivity contribution >= 4 is 17.6 Å². The third kappa shape index (κ3) is 4.41. The van der Waals surface area contributed by atoms with Crippen LogP contribution in [0.2, 0.25) is 0 Å². The van der Waals surface area contributed by atoms with Crippen LogP contribution < -0.4 is 10.2 Å². The predicted octanol–water partition coefficient (Wildman–Crippen LogP) is 1.99. The molecule has 0 saturated carbocycles. The van der Waals surface area contributed by atoms with Crippen molar-refractivity contribution in [1.82, 2.24) is 10.3 Å². The van der Waals surface area contributed by atoms with Crippen molar-refractivity contribution in [3.05, 3.63) is 23.9 Å². The first-order valence-electron chi connectivity index (χ1n) is 5.49. The molecule has 0 saturated heterocycles. The fraction of sp³-hybridized carbons (Fsp3) is 0.583. The molecule has 1 unspecified atom stereocenters. The second-order valence-electron chi connectivity index (χ2n) is 4.10. The van der Waals surface area contributed by atoms with E-state index in [4.69, 9.17) is 0 Å². The Morgan fingerprint density at radius 2 is 2.19 bits per heavy atom. The maximum Gasteiger partial charge on any atom is 0.127 e.